The maximum Gasteiger partial charge on any atom is 0.317 e. The van der Waals surface area contributed by atoms with Crippen molar-refractivity contribution in [1.29, 1.82) is 0 Å². The molecule has 0 radical (unpaired) electrons. The SMILES string of the molecule is COc1ccccc1Cn1cc(CNC(=O)N(C)C)nn1. The van der Waals surface area contributed by atoms with Crippen LogP contribution in [0.4, 0.5) is 4.79 Å². The van der Waals surface area contributed by atoms with E-state index < -0.39 is 0 Å². The standard InChI is InChI=1S/C14H19N5O2/c1-18(2)14(20)15-8-12-10-19(17-16-12)9-11-6-4-5-7-13(11)21-3/h4-7,10H,8-9H2,1-3H3,(H,15,20). The maximum absolute atomic E-state index is 11.4. The largest absolute Gasteiger partial charge is 0.496 e. The second kappa shape index (κ2) is 6.74. The van der Waals surface area contributed by atoms with Crippen molar-refractivity contribution in [1.82, 2.24) is 25.2 Å². The fourth-order valence-corrected chi connectivity index (χ4v) is 1.83. The molecule has 0 aliphatic heterocycles. The molecule has 112 valence electrons. The number of hydrogen-bond acceptors (Lipinski definition) is 4. The number of nitrogens with zero attached hydrogens (tertiary/aromatic N) is 4. The summed E-state index contributed by atoms with van der Waals surface area (Å²) >= 11 is 0. The lowest BCUT2D eigenvalue weighted by molar-refractivity contribution is 0.217. The second-order valence-electron chi connectivity index (χ2n) is 4.77. The summed E-state index contributed by atoms with van der Waals surface area (Å²) in [6.45, 7) is 0.918. The number of aromatic nitrogens is 3. The molecule has 0 aliphatic rings. The van der Waals surface area contributed by atoms with E-state index in [0.29, 0.717) is 18.8 Å². The van der Waals surface area contributed by atoms with Crippen LogP contribution >= 0.6 is 0 Å². The first-order chi connectivity index (χ1) is 10.1. The molecule has 7 nitrogen and oxygen atoms in total. The number of carbonyl (C=O) groups is 1. The first-order valence-electron chi connectivity index (χ1n) is 6.56. The molecule has 0 saturated carbocycles. The van der Waals surface area contributed by atoms with Crippen LogP contribution in [-0.4, -0.2) is 47.1 Å². The van der Waals surface area contributed by atoms with Gasteiger partial charge in [0.1, 0.15) is 11.4 Å². The highest BCUT2D eigenvalue weighted by molar-refractivity contribution is 5.73. The molecule has 2 aromatic rings. The lowest BCUT2D eigenvalue weighted by Gasteiger charge is -2.10. The number of nitrogens with one attached hydrogen (secondary N) is 1. The van der Waals surface area contributed by atoms with E-state index in [4.69, 9.17) is 4.74 Å². The quantitative estimate of drug-likeness (QED) is 0.895. The van der Waals surface area contributed by atoms with Crippen molar-refractivity contribution in [3.63, 3.8) is 0 Å². The van der Waals surface area contributed by atoms with Gasteiger partial charge in [0.25, 0.3) is 0 Å². The Bertz CT molecular complexity index is 609. The zero-order valence-corrected chi connectivity index (χ0v) is 12.4. The van der Waals surface area contributed by atoms with E-state index in [1.165, 1.54) is 4.90 Å². The van der Waals surface area contributed by atoms with Crippen molar-refractivity contribution in [3.05, 3.63) is 41.7 Å². The van der Waals surface area contributed by atoms with Gasteiger partial charge in [-0.3, -0.25) is 0 Å². The van der Waals surface area contributed by atoms with Crippen LogP contribution in [0.25, 0.3) is 0 Å². The molecule has 0 aliphatic carbocycles. The summed E-state index contributed by atoms with van der Waals surface area (Å²) in [7, 11) is 5.02. The van der Waals surface area contributed by atoms with Crippen molar-refractivity contribution in [2.75, 3.05) is 21.2 Å². The third-order valence-electron chi connectivity index (χ3n) is 2.94. The number of carbonyl (C=O) groups excluding carboxylic acids is 1. The van der Waals surface area contributed by atoms with Crippen LogP contribution in [0.2, 0.25) is 0 Å². The highest BCUT2D eigenvalue weighted by Crippen LogP contribution is 2.17. The molecule has 0 fully saturated rings. The van der Waals surface area contributed by atoms with Gasteiger partial charge >= 0.3 is 6.03 Å². The number of ether oxygens (including phenoxy) is 1. The molecule has 1 heterocycles. The lowest BCUT2D eigenvalue weighted by Crippen LogP contribution is -2.34. The van der Waals surface area contributed by atoms with Gasteiger partial charge in [-0.25, -0.2) is 9.48 Å². The molecule has 1 aromatic carbocycles. The van der Waals surface area contributed by atoms with Gasteiger partial charge in [-0.1, -0.05) is 23.4 Å². The molecule has 0 spiro atoms. The van der Waals surface area contributed by atoms with Gasteiger partial charge in [-0.15, -0.1) is 5.10 Å². The van der Waals surface area contributed by atoms with Gasteiger partial charge in [-0.2, -0.15) is 0 Å². The summed E-state index contributed by atoms with van der Waals surface area (Å²) in [4.78, 5) is 12.9. The Morgan fingerprint density at radius 1 is 1.38 bits per heavy atom. The second-order valence-corrected chi connectivity index (χ2v) is 4.77. The van der Waals surface area contributed by atoms with Gasteiger partial charge in [0.2, 0.25) is 0 Å². The number of urea groups is 1. The van der Waals surface area contributed by atoms with Crippen LogP contribution < -0.4 is 10.1 Å². The smallest absolute Gasteiger partial charge is 0.317 e. The Labute approximate surface area is 123 Å². The summed E-state index contributed by atoms with van der Waals surface area (Å²) in [5.74, 6) is 0.815. The Morgan fingerprint density at radius 2 is 2.14 bits per heavy atom. The van der Waals surface area contributed by atoms with Gasteiger partial charge in [0, 0.05) is 19.7 Å². The zero-order chi connectivity index (χ0) is 15.2. The van der Waals surface area contributed by atoms with Crippen LogP contribution in [-0.2, 0) is 13.1 Å². The minimum absolute atomic E-state index is 0.158. The van der Waals surface area contributed by atoms with Crippen LogP contribution in [0, 0.1) is 0 Å². The Balaban J connectivity index is 1.98. The summed E-state index contributed by atoms with van der Waals surface area (Å²) in [5.41, 5.74) is 1.73. The molecule has 1 N–H and O–H groups in total. The number of amides is 2. The monoisotopic (exact) mass is 289 g/mol. The van der Waals surface area contributed by atoms with E-state index in [1.54, 1.807) is 25.9 Å². The number of hydrogen-bond donors (Lipinski definition) is 1. The zero-order valence-electron chi connectivity index (χ0n) is 12.4. The third-order valence-corrected chi connectivity index (χ3v) is 2.94. The average Bonchev–Trinajstić information content (AvgIpc) is 2.92. The lowest BCUT2D eigenvalue weighted by atomic mass is 10.2. The van der Waals surface area contributed by atoms with Gasteiger partial charge in [-0.05, 0) is 6.07 Å². The van der Waals surface area contributed by atoms with Crippen molar-refractivity contribution in [2.24, 2.45) is 0 Å². The third kappa shape index (κ3) is 3.95. The molecule has 2 rings (SSSR count). The molecule has 21 heavy (non-hydrogen) atoms. The number of methoxy groups -OCH3 is 1. The predicted molar refractivity (Wildman–Crippen MR) is 78.0 cm³/mol. The van der Waals surface area contributed by atoms with Crippen LogP contribution in [0.15, 0.2) is 30.5 Å². The molecule has 2 amide bonds. The Morgan fingerprint density at radius 3 is 2.86 bits per heavy atom. The first kappa shape index (κ1) is 14.8. The molecule has 0 bridgehead atoms. The molecule has 0 atom stereocenters. The molecular weight excluding hydrogens is 270 g/mol. The highest BCUT2D eigenvalue weighted by atomic mass is 16.5. The molecule has 1 aromatic heterocycles. The van der Waals surface area contributed by atoms with Crippen molar-refractivity contribution >= 4 is 6.03 Å². The normalized spacial score (nSPS) is 10.2. The predicted octanol–water partition coefficient (Wildman–Crippen LogP) is 1.11. The molecular formula is C14H19N5O2. The van der Waals surface area contributed by atoms with Gasteiger partial charge in [0.05, 0.1) is 26.4 Å². The first-order valence-corrected chi connectivity index (χ1v) is 6.56. The molecule has 0 saturated heterocycles. The summed E-state index contributed by atoms with van der Waals surface area (Å²) < 4.78 is 7.02. The van der Waals surface area contributed by atoms with E-state index in [-0.39, 0.29) is 6.03 Å². The summed E-state index contributed by atoms with van der Waals surface area (Å²) in [5, 5.41) is 10.8. The average molecular weight is 289 g/mol. The van der Waals surface area contributed by atoms with Crippen molar-refractivity contribution < 1.29 is 9.53 Å². The minimum Gasteiger partial charge on any atom is -0.496 e. The van der Waals surface area contributed by atoms with E-state index in [2.05, 4.69) is 15.6 Å². The van der Waals surface area contributed by atoms with Crippen molar-refractivity contribution in [2.45, 2.75) is 13.1 Å². The minimum atomic E-state index is -0.158. The van der Waals surface area contributed by atoms with Crippen LogP contribution in [0.1, 0.15) is 11.3 Å². The fourth-order valence-electron chi connectivity index (χ4n) is 1.83. The number of para-hydroxylation sites is 1. The summed E-state index contributed by atoms with van der Waals surface area (Å²) in [6.07, 6.45) is 1.81. The molecule has 7 heteroatoms. The highest BCUT2D eigenvalue weighted by Gasteiger charge is 2.07. The van der Waals surface area contributed by atoms with E-state index in [1.807, 2.05) is 30.5 Å². The van der Waals surface area contributed by atoms with Crippen LogP contribution in [0.5, 0.6) is 5.75 Å². The molecule has 0 unspecified atom stereocenters. The number of benzene rings is 1. The van der Waals surface area contributed by atoms with Gasteiger partial charge in [0.15, 0.2) is 0 Å². The fraction of sp³-hybridized carbons (Fsp3) is 0.357. The Hall–Kier alpha value is -2.57. The Kier molecular flexibility index (Phi) is 4.76. The number of rotatable bonds is 5. The van der Waals surface area contributed by atoms with E-state index >= 15 is 0 Å². The van der Waals surface area contributed by atoms with Gasteiger partial charge < -0.3 is 15.0 Å². The van der Waals surface area contributed by atoms with Crippen molar-refractivity contribution in [3.8, 4) is 5.75 Å². The van der Waals surface area contributed by atoms with E-state index in [0.717, 1.165) is 11.3 Å². The van der Waals surface area contributed by atoms with Crippen LogP contribution in [0.3, 0.4) is 0 Å². The maximum atomic E-state index is 11.4. The summed E-state index contributed by atoms with van der Waals surface area (Å²) in [6, 6.07) is 7.60. The topological polar surface area (TPSA) is 72.3 Å². The van der Waals surface area contributed by atoms with E-state index in [9.17, 15) is 4.79 Å².